The van der Waals surface area contributed by atoms with Crippen molar-refractivity contribution in [2.45, 2.75) is 37.0 Å². The lowest BCUT2D eigenvalue weighted by Gasteiger charge is -2.26. The number of nitrogens with zero attached hydrogens (tertiary/aromatic N) is 2. The van der Waals surface area contributed by atoms with Crippen molar-refractivity contribution in [3.63, 3.8) is 0 Å². The maximum absolute atomic E-state index is 14.5. The predicted molar refractivity (Wildman–Crippen MR) is 115 cm³/mol. The van der Waals surface area contributed by atoms with E-state index in [2.05, 4.69) is 5.32 Å². The van der Waals surface area contributed by atoms with Gasteiger partial charge in [-0.2, -0.15) is 4.31 Å². The Morgan fingerprint density at radius 2 is 1.60 bits per heavy atom. The molecule has 30 heavy (non-hydrogen) atoms. The molecule has 1 amide bonds. The van der Waals surface area contributed by atoms with Gasteiger partial charge >= 0.3 is 0 Å². The minimum absolute atomic E-state index is 0.104. The molecule has 1 N–H and O–H groups in total. The first-order valence-electron chi connectivity index (χ1n) is 10.4. The lowest BCUT2D eigenvalue weighted by Crippen LogP contribution is -2.35. The van der Waals surface area contributed by atoms with E-state index in [-0.39, 0.29) is 16.3 Å². The Bertz CT molecular complexity index is 1030. The molecule has 0 radical (unpaired) electrons. The van der Waals surface area contributed by atoms with Gasteiger partial charge in [-0.1, -0.05) is 12.5 Å². The molecule has 2 saturated heterocycles. The van der Waals surface area contributed by atoms with E-state index < -0.39 is 15.9 Å². The van der Waals surface area contributed by atoms with Crippen molar-refractivity contribution in [1.82, 2.24) is 4.31 Å². The van der Waals surface area contributed by atoms with Crippen LogP contribution in [0.3, 0.4) is 0 Å². The maximum Gasteiger partial charge on any atom is 0.255 e. The second kappa shape index (κ2) is 8.73. The number of hydrogen-bond acceptors (Lipinski definition) is 4. The molecule has 2 aromatic rings. The van der Waals surface area contributed by atoms with Crippen molar-refractivity contribution in [3.8, 4) is 0 Å². The molecule has 2 aliphatic heterocycles. The normalized spacial score (nSPS) is 17.8. The average molecular weight is 432 g/mol. The van der Waals surface area contributed by atoms with E-state index >= 15 is 0 Å². The van der Waals surface area contributed by atoms with Gasteiger partial charge in [0, 0.05) is 37.4 Å². The van der Waals surface area contributed by atoms with Crippen LogP contribution in [0.5, 0.6) is 0 Å². The molecule has 0 bridgehead atoms. The summed E-state index contributed by atoms with van der Waals surface area (Å²) in [5.74, 6) is -0.852. The Balaban J connectivity index is 1.50. The number of halogens is 1. The fourth-order valence-corrected chi connectivity index (χ4v) is 5.62. The molecule has 0 aliphatic carbocycles. The zero-order valence-corrected chi connectivity index (χ0v) is 17.6. The van der Waals surface area contributed by atoms with E-state index in [1.807, 2.05) is 4.90 Å². The Kier molecular flexibility index (Phi) is 6.06. The van der Waals surface area contributed by atoms with Crippen LogP contribution in [0.1, 0.15) is 42.5 Å². The fraction of sp³-hybridized carbons (Fsp3) is 0.409. The summed E-state index contributed by atoms with van der Waals surface area (Å²) in [7, 11) is -3.62. The topological polar surface area (TPSA) is 69.7 Å². The number of carbonyl (C=O) groups is 1. The molecule has 2 aromatic carbocycles. The second-order valence-corrected chi connectivity index (χ2v) is 9.74. The molecule has 2 aliphatic rings. The Morgan fingerprint density at radius 1 is 0.900 bits per heavy atom. The van der Waals surface area contributed by atoms with E-state index in [1.54, 1.807) is 24.3 Å². The predicted octanol–water partition coefficient (Wildman–Crippen LogP) is 3.85. The van der Waals surface area contributed by atoms with Crippen LogP contribution < -0.4 is 10.2 Å². The lowest BCUT2D eigenvalue weighted by atomic mass is 10.2. The summed E-state index contributed by atoms with van der Waals surface area (Å²) < 4.78 is 41.7. The first-order valence-corrected chi connectivity index (χ1v) is 11.9. The largest absolute Gasteiger partial charge is 0.369 e. The number of carbonyl (C=O) groups excluding carboxylic acids is 1. The molecule has 0 spiro atoms. The fourth-order valence-electron chi connectivity index (χ4n) is 4.05. The van der Waals surface area contributed by atoms with Crippen LogP contribution in [0, 0.1) is 5.82 Å². The third-order valence-electron chi connectivity index (χ3n) is 5.70. The van der Waals surface area contributed by atoms with Gasteiger partial charge in [0.1, 0.15) is 5.82 Å². The van der Waals surface area contributed by atoms with Crippen LogP contribution in [0.25, 0.3) is 0 Å². The van der Waals surface area contributed by atoms with Gasteiger partial charge in [0.25, 0.3) is 5.91 Å². The lowest BCUT2D eigenvalue weighted by molar-refractivity contribution is 0.102. The Labute approximate surface area is 176 Å². The summed E-state index contributed by atoms with van der Waals surface area (Å²) in [5.41, 5.74) is 1.10. The maximum atomic E-state index is 14.5. The molecule has 0 saturated carbocycles. The Hall–Kier alpha value is -2.45. The molecule has 0 atom stereocenters. The van der Waals surface area contributed by atoms with Gasteiger partial charge in [-0.05, 0) is 62.1 Å². The molecule has 6 nitrogen and oxygen atoms in total. The van der Waals surface area contributed by atoms with Gasteiger partial charge in [0.2, 0.25) is 10.0 Å². The second-order valence-electron chi connectivity index (χ2n) is 7.81. The van der Waals surface area contributed by atoms with Crippen LogP contribution >= 0.6 is 0 Å². The summed E-state index contributed by atoms with van der Waals surface area (Å²) in [4.78, 5) is 14.8. The molecular formula is C22H26FN3O3S. The van der Waals surface area contributed by atoms with Gasteiger partial charge in [-0.3, -0.25) is 4.79 Å². The number of nitrogens with one attached hydrogen (secondary N) is 1. The number of anilines is 2. The Morgan fingerprint density at radius 3 is 2.30 bits per heavy atom. The first-order chi connectivity index (χ1) is 14.4. The van der Waals surface area contributed by atoms with Crippen LogP contribution in [-0.4, -0.2) is 44.8 Å². The highest BCUT2D eigenvalue weighted by Gasteiger charge is 2.26. The molecule has 4 rings (SSSR count). The summed E-state index contributed by atoms with van der Waals surface area (Å²) in [6.07, 6.45) is 4.82. The van der Waals surface area contributed by atoms with Crippen molar-refractivity contribution in [2.75, 3.05) is 36.4 Å². The van der Waals surface area contributed by atoms with Crippen molar-refractivity contribution in [2.24, 2.45) is 0 Å². The number of piperidine rings is 1. The van der Waals surface area contributed by atoms with Crippen LogP contribution in [0.4, 0.5) is 15.8 Å². The summed E-state index contributed by atoms with van der Waals surface area (Å²) in [6.45, 7) is 2.67. The summed E-state index contributed by atoms with van der Waals surface area (Å²) in [5, 5.41) is 2.67. The quantitative estimate of drug-likeness (QED) is 0.781. The van der Waals surface area contributed by atoms with Crippen LogP contribution in [0.15, 0.2) is 47.4 Å². The van der Waals surface area contributed by atoms with E-state index in [0.29, 0.717) is 24.5 Å². The van der Waals surface area contributed by atoms with Gasteiger partial charge in [0.15, 0.2) is 0 Å². The first kappa shape index (κ1) is 20.8. The standard InChI is InChI=1S/C22H26FN3O3S/c23-20-16-18(9-10-21(20)25-11-4-5-12-25)24-22(27)17-7-6-8-19(15-17)30(28,29)26-13-2-1-3-14-26/h6-10,15-16H,1-5,11-14H2,(H,24,27). The number of rotatable bonds is 5. The number of amides is 1. The highest BCUT2D eigenvalue weighted by atomic mass is 32.2. The number of hydrogen-bond donors (Lipinski definition) is 1. The monoisotopic (exact) mass is 431 g/mol. The minimum Gasteiger partial charge on any atom is -0.369 e. The van der Waals surface area contributed by atoms with Gasteiger partial charge in [-0.25, -0.2) is 12.8 Å². The zero-order valence-electron chi connectivity index (χ0n) is 16.8. The molecular weight excluding hydrogens is 405 g/mol. The van der Waals surface area contributed by atoms with Crippen LogP contribution in [0.2, 0.25) is 0 Å². The smallest absolute Gasteiger partial charge is 0.255 e. The molecule has 0 aromatic heterocycles. The zero-order chi connectivity index (χ0) is 21.1. The van der Waals surface area contributed by atoms with Gasteiger partial charge in [0.05, 0.1) is 10.6 Å². The van der Waals surface area contributed by atoms with Gasteiger partial charge in [-0.15, -0.1) is 0 Å². The third-order valence-corrected chi connectivity index (χ3v) is 7.60. The highest BCUT2D eigenvalue weighted by Crippen LogP contribution is 2.27. The van der Waals surface area contributed by atoms with Crippen LogP contribution in [-0.2, 0) is 10.0 Å². The molecule has 160 valence electrons. The van der Waals surface area contributed by atoms with E-state index in [1.165, 1.54) is 22.5 Å². The van der Waals surface area contributed by atoms with E-state index in [4.69, 9.17) is 0 Å². The molecule has 2 heterocycles. The molecule has 2 fully saturated rings. The van der Waals surface area contributed by atoms with Gasteiger partial charge < -0.3 is 10.2 Å². The molecule has 0 unspecified atom stereocenters. The highest BCUT2D eigenvalue weighted by molar-refractivity contribution is 7.89. The molecule has 8 heteroatoms. The summed E-state index contributed by atoms with van der Waals surface area (Å²) in [6, 6.07) is 10.7. The SMILES string of the molecule is O=C(Nc1ccc(N2CCCC2)c(F)c1)c1cccc(S(=O)(=O)N2CCCCC2)c1. The van der Waals surface area contributed by atoms with E-state index in [0.717, 1.165) is 45.2 Å². The third kappa shape index (κ3) is 4.34. The average Bonchev–Trinajstić information content (AvgIpc) is 3.29. The van der Waals surface area contributed by atoms with Crippen molar-refractivity contribution >= 4 is 27.3 Å². The van der Waals surface area contributed by atoms with Crippen molar-refractivity contribution in [1.29, 1.82) is 0 Å². The number of benzene rings is 2. The minimum atomic E-state index is -3.62. The number of sulfonamides is 1. The van der Waals surface area contributed by atoms with E-state index in [9.17, 15) is 17.6 Å². The van der Waals surface area contributed by atoms with Crippen molar-refractivity contribution in [3.05, 3.63) is 53.8 Å². The van der Waals surface area contributed by atoms with Crippen molar-refractivity contribution < 1.29 is 17.6 Å². The summed E-state index contributed by atoms with van der Waals surface area (Å²) >= 11 is 0.